The molecule has 0 aliphatic carbocycles. The summed E-state index contributed by atoms with van der Waals surface area (Å²) in [6.45, 7) is 2.36. The molecule has 1 amide bonds. The van der Waals surface area contributed by atoms with Gasteiger partial charge in [-0.25, -0.2) is 8.42 Å². The molecule has 7 heteroatoms. The Hall–Kier alpha value is -1.60. The van der Waals surface area contributed by atoms with Crippen LogP contribution in [0.5, 0.6) is 5.75 Å². The summed E-state index contributed by atoms with van der Waals surface area (Å²) >= 11 is 0. The van der Waals surface area contributed by atoms with Gasteiger partial charge in [-0.05, 0) is 62.4 Å². The lowest BCUT2D eigenvalue weighted by Crippen LogP contribution is -2.59. The number of amides is 1. The third-order valence-corrected chi connectivity index (χ3v) is 7.88. The molecule has 1 aromatic carbocycles. The van der Waals surface area contributed by atoms with Crippen LogP contribution in [-0.4, -0.2) is 63.5 Å². The van der Waals surface area contributed by atoms with E-state index >= 15 is 0 Å². The minimum absolute atomic E-state index is 0.199. The molecule has 0 unspecified atom stereocenters. The molecule has 0 aromatic heterocycles. The number of hydrogen-bond donors (Lipinski definition) is 1. The van der Waals surface area contributed by atoms with Crippen molar-refractivity contribution >= 4 is 15.7 Å². The van der Waals surface area contributed by atoms with Crippen LogP contribution in [0.15, 0.2) is 24.3 Å². The lowest BCUT2D eigenvalue weighted by atomic mass is 9.88. The van der Waals surface area contributed by atoms with Gasteiger partial charge in [0.05, 0.1) is 7.11 Å². The van der Waals surface area contributed by atoms with E-state index in [0.717, 1.165) is 18.6 Å². The standard InChI is InChI=1S/C19H28N2O4S/c1-25-17-5-3-15(4-6-17)16-7-13-21(14-8-16)18(22)19(26(2,23)24)9-11-20-12-10-19/h3-6,16,20H,7-14H2,1-2H3. The first kappa shape index (κ1) is 19.2. The SMILES string of the molecule is COc1ccc(C2CCN(C(=O)C3(S(C)(=O)=O)CCNCC3)CC2)cc1. The van der Waals surface area contributed by atoms with Crippen LogP contribution in [0.3, 0.4) is 0 Å². The van der Waals surface area contributed by atoms with E-state index in [1.54, 1.807) is 12.0 Å². The van der Waals surface area contributed by atoms with Gasteiger partial charge in [0.15, 0.2) is 14.6 Å². The smallest absolute Gasteiger partial charge is 0.244 e. The number of rotatable bonds is 4. The molecule has 2 fully saturated rings. The van der Waals surface area contributed by atoms with Gasteiger partial charge < -0.3 is 15.0 Å². The molecule has 0 saturated carbocycles. The van der Waals surface area contributed by atoms with Crippen LogP contribution in [-0.2, 0) is 14.6 Å². The summed E-state index contributed by atoms with van der Waals surface area (Å²) in [5, 5.41) is 3.16. The Morgan fingerprint density at radius 3 is 2.23 bits per heavy atom. The lowest BCUT2D eigenvalue weighted by molar-refractivity contribution is -0.135. The summed E-state index contributed by atoms with van der Waals surface area (Å²) in [5.41, 5.74) is 1.25. The zero-order valence-corrected chi connectivity index (χ0v) is 16.3. The summed E-state index contributed by atoms with van der Waals surface area (Å²) in [6, 6.07) is 8.07. The van der Waals surface area contributed by atoms with Crippen LogP contribution in [0.4, 0.5) is 0 Å². The number of methoxy groups -OCH3 is 1. The Labute approximate surface area is 155 Å². The van der Waals surface area contributed by atoms with Crippen LogP contribution in [0.25, 0.3) is 0 Å². The highest BCUT2D eigenvalue weighted by atomic mass is 32.2. The van der Waals surface area contributed by atoms with Crippen molar-refractivity contribution in [2.24, 2.45) is 0 Å². The monoisotopic (exact) mass is 380 g/mol. The molecular weight excluding hydrogens is 352 g/mol. The van der Waals surface area contributed by atoms with Crippen molar-refractivity contribution in [1.29, 1.82) is 0 Å². The Kier molecular flexibility index (Phi) is 5.58. The number of sulfone groups is 1. The Morgan fingerprint density at radius 2 is 1.73 bits per heavy atom. The zero-order chi connectivity index (χ0) is 18.8. The van der Waals surface area contributed by atoms with Crippen LogP contribution in [0, 0.1) is 0 Å². The maximum Gasteiger partial charge on any atom is 0.244 e. The van der Waals surface area contributed by atoms with Crippen molar-refractivity contribution in [2.75, 3.05) is 39.5 Å². The molecule has 2 saturated heterocycles. The topological polar surface area (TPSA) is 75.7 Å². The van der Waals surface area contributed by atoms with Crippen molar-refractivity contribution in [1.82, 2.24) is 10.2 Å². The third kappa shape index (κ3) is 3.60. The molecule has 0 spiro atoms. The van der Waals surface area contributed by atoms with Crippen molar-refractivity contribution in [3.8, 4) is 5.75 Å². The molecule has 0 radical (unpaired) electrons. The summed E-state index contributed by atoms with van der Waals surface area (Å²) in [5.74, 6) is 1.03. The highest BCUT2D eigenvalue weighted by Crippen LogP contribution is 2.34. The molecule has 26 heavy (non-hydrogen) atoms. The Bertz CT molecular complexity index is 731. The minimum Gasteiger partial charge on any atom is -0.497 e. The summed E-state index contributed by atoms with van der Waals surface area (Å²) < 4.78 is 28.9. The van der Waals surface area contributed by atoms with Gasteiger partial charge in [-0.1, -0.05) is 12.1 Å². The third-order valence-electron chi connectivity index (χ3n) is 5.88. The number of carbonyl (C=O) groups is 1. The summed E-state index contributed by atoms with van der Waals surface area (Å²) in [7, 11) is -1.80. The minimum atomic E-state index is -3.45. The van der Waals surface area contributed by atoms with Crippen molar-refractivity contribution in [3.05, 3.63) is 29.8 Å². The van der Waals surface area contributed by atoms with E-state index in [9.17, 15) is 13.2 Å². The molecule has 144 valence electrons. The predicted octanol–water partition coefficient (Wildman–Crippen LogP) is 1.57. The van der Waals surface area contributed by atoms with E-state index < -0.39 is 14.6 Å². The highest BCUT2D eigenvalue weighted by Gasteiger charge is 2.50. The number of piperidine rings is 2. The Morgan fingerprint density at radius 1 is 1.15 bits per heavy atom. The second-order valence-electron chi connectivity index (χ2n) is 7.36. The molecule has 2 heterocycles. The van der Waals surface area contributed by atoms with E-state index in [4.69, 9.17) is 4.74 Å². The van der Waals surface area contributed by atoms with Crippen LogP contribution in [0.2, 0.25) is 0 Å². The second-order valence-corrected chi connectivity index (χ2v) is 9.68. The van der Waals surface area contributed by atoms with E-state index in [1.807, 2.05) is 12.1 Å². The number of ether oxygens (including phenoxy) is 1. The van der Waals surface area contributed by atoms with Gasteiger partial charge in [-0.2, -0.15) is 0 Å². The summed E-state index contributed by atoms with van der Waals surface area (Å²) in [6.07, 6.45) is 3.65. The number of nitrogens with one attached hydrogen (secondary N) is 1. The maximum absolute atomic E-state index is 13.2. The first-order chi connectivity index (χ1) is 12.4. The van der Waals surface area contributed by atoms with Gasteiger partial charge in [0.25, 0.3) is 0 Å². The van der Waals surface area contributed by atoms with Gasteiger partial charge in [-0.3, -0.25) is 4.79 Å². The quantitative estimate of drug-likeness (QED) is 0.858. The fraction of sp³-hybridized carbons (Fsp3) is 0.632. The molecule has 0 bridgehead atoms. The number of benzene rings is 1. The first-order valence-electron chi connectivity index (χ1n) is 9.21. The molecule has 1 N–H and O–H groups in total. The molecule has 1 aromatic rings. The van der Waals surface area contributed by atoms with Crippen LogP contribution < -0.4 is 10.1 Å². The van der Waals surface area contributed by atoms with E-state index in [1.165, 1.54) is 11.8 Å². The molecule has 2 aliphatic rings. The molecule has 2 aliphatic heterocycles. The van der Waals surface area contributed by atoms with Gasteiger partial charge in [0.2, 0.25) is 5.91 Å². The van der Waals surface area contributed by atoms with Gasteiger partial charge in [0, 0.05) is 19.3 Å². The van der Waals surface area contributed by atoms with Crippen molar-refractivity contribution in [2.45, 2.75) is 36.3 Å². The predicted molar refractivity (Wildman–Crippen MR) is 101 cm³/mol. The first-order valence-corrected chi connectivity index (χ1v) is 11.1. The van der Waals surface area contributed by atoms with Gasteiger partial charge in [0.1, 0.15) is 5.75 Å². The van der Waals surface area contributed by atoms with E-state index in [-0.39, 0.29) is 5.91 Å². The molecular formula is C19H28N2O4S. The average Bonchev–Trinajstić information content (AvgIpc) is 2.67. The maximum atomic E-state index is 13.2. The Balaban J connectivity index is 1.69. The summed E-state index contributed by atoms with van der Waals surface area (Å²) in [4.78, 5) is 14.9. The highest BCUT2D eigenvalue weighted by molar-refractivity contribution is 7.92. The van der Waals surface area contributed by atoms with Crippen molar-refractivity contribution < 1.29 is 17.9 Å². The average molecular weight is 381 g/mol. The molecule has 0 atom stereocenters. The largest absolute Gasteiger partial charge is 0.497 e. The second kappa shape index (κ2) is 7.56. The number of carbonyl (C=O) groups excluding carboxylic acids is 1. The number of likely N-dealkylation sites (tertiary alicyclic amines) is 1. The number of nitrogens with zero attached hydrogens (tertiary/aromatic N) is 1. The van der Waals surface area contributed by atoms with Gasteiger partial charge in [-0.15, -0.1) is 0 Å². The fourth-order valence-corrected chi connectivity index (χ4v) is 5.55. The van der Waals surface area contributed by atoms with Crippen LogP contribution >= 0.6 is 0 Å². The van der Waals surface area contributed by atoms with E-state index in [2.05, 4.69) is 17.4 Å². The van der Waals surface area contributed by atoms with Crippen LogP contribution in [0.1, 0.15) is 37.2 Å². The normalized spacial score (nSPS) is 21.4. The van der Waals surface area contributed by atoms with E-state index in [0.29, 0.717) is 44.9 Å². The number of hydrogen-bond acceptors (Lipinski definition) is 5. The lowest BCUT2D eigenvalue weighted by Gasteiger charge is -2.41. The van der Waals surface area contributed by atoms with Gasteiger partial charge >= 0.3 is 0 Å². The molecule has 3 rings (SSSR count). The molecule has 6 nitrogen and oxygen atoms in total. The fourth-order valence-electron chi connectivity index (χ4n) is 4.15. The van der Waals surface area contributed by atoms with Crippen molar-refractivity contribution in [3.63, 3.8) is 0 Å². The zero-order valence-electron chi connectivity index (χ0n) is 15.5.